The Morgan fingerprint density at radius 1 is 1.18 bits per heavy atom. The van der Waals surface area contributed by atoms with Crippen molar-refractivity contribution in [2.45, 2.75) is 13.5 Å². The molecule has 2 fully saturated rings. The molecule has 0 aliphatic carbocycles. The Kier molecular flexibility index (Phi) is 3.29. The van der Waals surface area contributed by atoms with E-state index in [4.69, 9.17) is 0 Å². The minimum atomic E-state index is 0.725. The zero-order valence-electron chi connectivity index (χ0n) is 13.1. The van der Waals surface area contributed by atoms with E-state index in [9.17, 15) is 0 Å². The Hall–Kier alpha value is -2.02. The van der Waals surface area contributed by atoms with Gasteiger partial charge in [0, 0.05) is 45.0 Å². The average Bonchev–Trinajstić information content (AvgIpc) is 3.15. The van der Waals surface area contributed by atoms with Crippen molar-refractivity contribution in [3.63, 3.8) is 0 Å². The van der Waals surface area contributed by atoms with E-state index < -0.39 is 0 Å². The lowest BCUT2D eigenvalue weighted by Crippen LogP contribution is -2.30. The van der Waals surface area contributed by atoms with Gasteiger partial charge in [0.25, 0.3) is 0 Å². The number of anilines is 1. The van der Waals surface area contributed by atoms with E-state index in [2.05, 4.69) is 36.9 Å². The van der Waals surface area contributed by atoms with E-state index >= 15 is 0 Å². The van der Waals surface area contributed by atoms with Crippen LogP contribution >= 0.6 is 0 Å². The van der Waals surface area contributed by atoms with Crippen molar-refractivity contribution in [2.75, 3.05) is 31.1 Å². The summed E-state index contributed by atoms with van der Waals surface area (Å²) >= 11 is 0. The van der Waals surface area contributed by atoms with Gasteiger partial charge in [0.1, 0.15) is 24.3 Å². The molecule has 0 spiro atoms. The molecule has 22 heavy (non-hydrogen) atoms. The summed E-state index contributed by atoms with van der Waals surface area (Å²) in [7, 11) is 2.01. The van der Waals surface area contributed by atoms with Gasteiger partial charge in [-0.15, -0.1) is 10.2 Å². The molecule has 0 radical (unpaired) electrons. The first-order valence-electron chi connectivity index (χ1n) is 7.77. The SMILES string of the molecule is Cc1cncnc1N1CC2CN(Cc3nncn3C)CC2C1. The Morgan fingerprint density at radius 3 is 2.59 bits per heavy atom. The summed E-state index contributed by atoms with van der Waals surface area (Å²) in [5.41, 5.74) is 1.17. The molecule has 4 heterocycles. The number of nitrogens with zero attached hydrogens (tertiary/aromatic N) is 7. The number of likely N-dealkylation sites (tertiary alicyclic amines) is 1. The van der Waals surface area contributed by atoms with Crippen LogP contribution in [-0.2, 0) is 13.6 Å². The molecule has 2 atom stereocenters. The van der Waals surface area contributed by atoms with E-state index in [1.54, 1.807) is 12.7 Å². The second-order valence-corrected chi connectivity index (χ2v) is 6.51. The molecule has 0 amide bonds. The lowest BCUT2D eigenvalue weighted by Gasteiger charge is -2.22. The van der Waals surface area contributed by atoms with Gasteiger partial charge < -0.3 is 9.47 Å². The van der Waals surface area contributed by atoms with Crippen molar-refractivity contribution in [1.82, 2.24) is 29.6 Å². The minimum Gasteiger partial charge on any atom is -0.356 e. The third-order valence-corrected chi connectivity index (χ3v) is 4.90. The Bertz CT molecular complexity index is 653. The summed E-state index contributed by atoms with van der Waals surface area (Å²) < 4.78 is 2.00. The highest BCUT2D eigenvalue weighted by molar-refractivity contribution is 5.46. The highest BCUT2D eigenvalue weighted by Crippen LogP contribution is 2.34. The molecule has 0 N–H and O–H groups in total. The van der Waals surface area contributed by atoms with Gasteiger partial charge in [-0.2, -0.15) is 0 Å². The predicted molar refractivity (Wildman–Crippen MR) is 82.2 cm³/mol. The molecule has 0 bridgehead atoms. The average molecular weight is 299 g/mol. The second kappa shape index (κ2) is 5.31. The highest BCUT2D eigenvalue weighted by Gasteiger charge is 2.40. The predicted octanol–water partition coefficient (Wildman–Crippen LogP) is 0.482. The smallest absolute Gasteiger partial charge is 0.146 e. The van der Waals surface area contributed by atoms with Crippen LogP contribution in [0, 0.1) is 18.8 Å². The van der Waals surface area contributed by atoms with Crippen LogP contribution in [0.4, 0.5) is 5.82 Å². The largest absolute Gasteiger partial charge is 0.356 e. The fourth-order valence-electron chi connectivity index (χ4n) is 3.77. The fourth-order valence-corrected chi connectivity index (χ4v) is 3.77. The van der Waals surface area contributed by atoms with Gasteiger partial charge >= 0.3 is 0 Å². The standard InChI is InChI=1S/C15H21N7/c1-11-3-16-9-17-15(11)22-6-12-4-21(5-13(12)7-22)8-14-19-18-10-20(14)2/h3,9-10,12-13H,4-8H2,1-2H3. The van der Waals surface area contributed by atoms with Gasteiger partial charge in [-0.1, -0.05) is 0 Å². The van der Waals surface area contributed by atoms with Gasteiger partial charge in [-0.05, 0) is 18.8 Å². The van der Waals surface area contributed by atoms with Crippen LogP contribution in [0.25, 0.3) is 0 Å². The molecule has 2 aromatic heterocycles. The monoisotopic (exact) mass is 299 g/mol. The number of aryl methyl sites for hydroxylation is 2. The first-order chi connectivity index (χ1) is 10.7. The van der Waals surface area contributed by atoms with Crippen molar-refractivity contribution in [3.8, 4) is 0 Å². The van der Waals surface area contributed by atoms with Crippen molar-refractivity contribution in [3.05, 3.63) is 30.2 Å². The lowest BCUT2D eigenvalue weighted by atomic mass is 10.0. The van der Waals surface area contributed by atoms with E-state index in [0.29, 0.717) is 0 Å². The third-order valence-electron chi connectivity index (χ3n) is 4.90. The molecule has 0 aromatic carbocycles. The van der Waals surface area contributed by atoms with E-state index in [1.807, 2.05) is 17.8 Å². The van der Waals surface area contributed by atoms with E-state index in [0.717, 1.165) is 56.2 Å². The number of hydrogen-bond donors (Lipinski definition) is 0. The normalized spacial score (nSPS) is 24.9. The summed E-state index contributed by atoms with van der Waals surface area (Å²) in [6.45, 7) is 7.45. The van der Waals surface area contributed by atoms with Crippen LogP contribution in [0.1, 0.15) is 11.4 Å². The van der Waals surface area contributed by atoms with Crippen LogP contribution < -0.4 is 4.90 Å². The molecule has 2 aliphatic heterocycles. The maximum Gasteiger partial charge on any atom is 0.146 e. The van der Waals surface area contributed by atoms with Gasteiger partial charge in [0.05, 0.1) is 6.54 Å². The lowest BCUT2D eigenvalue weighted by molar-refractivity contribution is 0.297. The maximum absolute atomic E-state index is 4.46. The maximum atomic E-state index is 4.46. The molecule has 2 saturated heterocycles. The zero-order chi connectivity index (χ0) is 15.1. The Labute approximate surface area is 130 Å². The summed E-state index contributed by atoms with van der Waals surface area (Å²) in [6, 6.07) is 0. The van der Waals surface area contributed by atoms with Crippen molar-refractivity contribution in [1.29, 1.82) is 0 Å². The molecule has 2 aromatic rings. The van der Waals surface area contributed by atoms with Gasteiger partial charge in [0.15, 0.2) is 0 Å². The van der Waals surface area contributed by atoms with Gasteiger partial charge in [-0.25, -0.2) is 9.97 Å². The molecule has 2 unspecified atom stereocenters. The number of aromatic nitrogens is 5. The molecule has 116 valence electrons. The summed E-state index contributed by atoms with van der Waals surface area (Å²) in [5.74, 6) is 3.60. The minimum absolute atomic E-state index is 0.725. The van der Waals surface area contributed by atoms with Crippen LogP contribution in [0.5, 0.6) is 0 Å². The number of hydrogen-bond acceptors (Lipinski definition) is 6. The fraction of sp³-hybridized carbons (Fsp3) is 0.600. The number of fused-ring (bicyclic) bond motifs is 1. The van der Waals surface area contributed by atoms with Crippen molar-refractivity contribution >= 4 is 5.82 Å². The Morgan fingerprint density at radius 2 is 1.95 bits per heavy atom. The quantitative estimate of drug-likeness (QED) is 0.821. The first-order valence-corrected chi connectivity index (χ1v) is 7.77. The highest BCUT2D eigenvalue weighted by atomic mass is 15.3. The molecule has 0 saturated carbocycles. The summed E-state index contributed by atoms with van der Waals surface area (Å²) in [4.78, 5) is 13.5. The van der Waals surface area contributed by atoms with Crippen molar-refractivity contribution in [2.24, 2.45) is 18.9 Å². The molecule has 7 heteroatoms. The molecule has 2 aliphatic rings. The molecule has 4 rings (SSSR count). The summed E-state index contributed by atoms with van der Waals surface area (Å²) in [5, 5.41) is 8.15. The molecule has 7 nitrogen and oxygen atoms in total. The molecular weight excluding hydrogens is 278 g/mol. The summed E-state index contributed by atoms with van der Waals surface area (Å²) in [6.07, 6.45) is 5.32. The van der Waals surface area contributed by atoms with Gasteiger partial charge in [-0.3, -0.25) is 4.90 Å². The van der Waals surface area contributed by atoms with E-state index in [-0.39, 0.29) is 0 Å². The molecular formula is C15H21N7. The first kappa shape index (κ1) is 13.6. The van der Waals surface area contributed by atoms with Gasteiger partial charge in [0.2, 0.25) is 0 Å². The van der Waals surface area contributed by atoms with Crippen LogP contribution in [0.2, 0.25) is 0 Å². The van der Waals surface area contributed by atoms with E-state index in [1.165, 1.54) is 5.56 Å². The van der Waals surface area contributed by atoms with Crippen LogP contribution in [0.15, 0.2) is 18.9 Å². The zero-order valence-corrected chi connectivity index (χ0v) is 13.1. The Balaban J connectivity index is 1.40. The third kappa shape index (κ3) is 2.35. The second-order valence-electron chi connectivity index (χ2n) is 6.51. The van der Waals surface area contributed by atoms with Crippen LogP contribution in [0.3, 0.4) is 0 Å². The topological polar surface area (TPSA) is 63.0 Å². The van der Waals surface area contributed by atoms with Crippen molar-refractivity contribution < 1.29 is 0 Å². The van der Waals surface area contributed by atoms with Crippen LogP contribution in [-0.4, -0.2) is 55.8 Å². The number of rotatable bonds is 3.